The number of carbonyl (C=O) groups excluding carboxylic acids is 1. The number of furan rings is 1. The number of sulfonamides is 1. The first-order valence-corrected chi connectivity index (χ1v) is 11.5. The van der Waals surface area contributed by atoms with Gasteiger partial charge in [-0.3, -0.25) is 4.79 Å². The molecule has 0 unspecified atom stereocenters. The van der Waals surface area contributed by atoms with Gasteiger partial charge < -0.3 is 9.32 Å². The minimum atomic E-state index is -3.65. The summed E-state index contributed by atoms with van der Waals surface area (Å²) in [6, 6.07) is 12.8. The predicted octanol–water partition coefficient (Wildman–Crippen LogP) is 3.94. The second kappa shape index (κ2) is 9.02. The first kappa shape index (κ1) is 22.1. The zero-order valence-electron chi connectivity index (χ0n) is 17.9. The monoisotopic (exact) mass is 428 g/mol. The van der Waals surface area contributed by atoms with Gasteiger partial charge in [-0.25, -0.2) is 13.1 Å². The molecule has 6 nitrogen and oxygen atoms in total. The molecule has 0 aliphatic heterocycles. The van der Waals surface area contributed by atoms with Gasteiger partial charge in [0.1, 0.15) is 11.3 Å². The van der Waals surface area contributed by atoms with E-state index >= 15 is 0 Å². The van der Waals surface area contributed by atoms with Crippen molar-refractivity contribution in [3.63, 3.8) is 0 Å². The summed E-state index contributed by atoms with van der Waals surface area (Å²) in [4.78, 5) is 14.4. The van der Waals surface area contributed by atoms with Crippen LogP contribution in [0.25, 0.3) is 11.0 Å². The molecule has 3 aromatic rings. The van der Waals surface area contributed by atoms with Gasteiger partial charge in [0, 0.05) is 43.9 Å². The van der Waals surface area contributed by atoms with E-state index in [1.165, 1.54) is 0 Å². The van der Waals surface area contributed by atoms with E-state index in [0.29, 0.717) is 6.54 Å². The van der Waals surface area contributed by atoms with Gasteiger partial charge in [0.05, 0.1) is 4.90 Å². The first-order chi connectivity index (χ1) is 14.2. The van der Waals surface area contributed by atoms with Crippen molar-refractivity contribution in [2.45, 2.75) is 45.1 Å². The maximum Gasteiger partial charge on any atom is 0.240 e. The number of hydrogen-bond donors (Lipinski definition) is 1. The third kappa shape index (κ3) is 4.74. The van der Waals surface area contributed by atoms with Crippen molar-refractivity contribution in [2.24, 2.45) is 0 Å². The molecule has 30 heavy (non-hydrogen) atoms. The predicted molar refractivity (Wildman–Crippen MR) is 118 cm³/mol. The van der Waals surface area contributed by atoms with Gasteiger partial charge in [-0.05, 0) is 43.2 Å². The third-order valence-electron chi connectivity index (χ3n) is 5.34. The number of para-hydroxylation sites is 1. The molecule has 7 heteroatoms. The van der Waals surface area contributed by atoms with E-state index in [-0.39, 0.29) is 23.8 Å². The molecule has 0 aliphatic carbocycles. The van der Waals surface area contributed by atoms with Crippen LogP contribution in [0.2, 0.25) is 0 Å². The van der Waals surface area contributed by atoms with Gasteiger partial charge in [-0.15, -0.1) is 0 Å². The van der Waals surface area contributed by atoms with E-state index in [9.17, 15) is 13.2 Å². The van der Waals surface area contributed by atoms with E-state index in [1.54, 1.807) is 30.1 Å². The average Bonchev–Trinajstić information content (AvgIpc) is 3.07. The van der Waals surface area contributed by atoms with E-state index in [0.717, 1.165) is 39.8 Å². The zero-order chi connectivity index (χ0) is 21.9. The SMILES string of the molecule is CCc1oc2ccccc2c1CN(C)C(=O)CCNS(=O)(=O)c1ccc(C)c(C)c1. The fraction of sp³-hybridized carbons (Fsp3) is 0.348. The molecule has 1 amide bonds. The second-order valence-corrected chi connectivity index (χ2v) is 9.26. The Bertz CT molecular complexity index is 1170. The second-order valence-electron chi connectivity index (χ2n) is 7.50. The van der Waals surface area contributed by atoms with Gasteiger partial charge >= 0.3 is 0 Å². The molecule has 2 aromatic carbocycles. The molecule has 0 saturated carbocycles. The molecule has 1 N–H and O–H groups in total. The van der Waals surface area contributed by atoms with Gasteiger partial charge in [-0.2, -0.15) is 0 Å². The van der Waals surface area contributed by atoms with Gasteiger partial charge in [-0.1, -0.05) is 31.2 Å². The summed E-state index contributed by atoms with van der Waals surface area (Å²) in [6.45, 7) is 6.29. The van der Waals surface area contributed by atoms with Crippen LogP contribution in [0, 0.1) is 13.8 Å². The van der Waals surface area contributed by atoms with E-state index in [1.807, 2.05) is 45.0 Å². The van der Waals surface area contributed by atoms with Crippen LogP contribution in [0.5, 0.6) is 0 Å². The van der Waals surface area contributed by atoms with Crippen LogP contribution >= 0.6 is 0 Å². The fourth-order valence-corrected chi connectivity index (χ4v) is 4.50. The molecular formula is C23H28N2O4S. The van der Waals surface area contributed by atoms with Gasteiger partial charge in [0.2, 0.25) is 15.9 Å². The lowest BCUT2D eigenvalue weighted by atomic mass is 10.1. The van der Waals surface area contributed by atoms with E-state index < -0.39 is 10.0 Å². The largest absolute Gasteiger partial charge is 0.461 e. The minimum Gasteiger partial charge on any atom is -0.461 e. The number of nitrogens with one attached hydrogen (secondary N) is 1. The minimum absolute atomic E-state index is 0.0468. The van der Waals surface area contributed by atoms with Crippen molar-refractivity contribution in [2.75, 3.05) is 13.6 Å². The highest BCUT2D eigenvalue weighted by Crippen LogP contribution is 2.27. The number of aryl methyl sites for hydroxylation is 3. The number of rotatable bonds is 8. The molecule has 0 aliphatic rings. The smallest absolute Gasteiger partial charge is 0.240 e. The highest BCUT2D eigenvalue weighted by molar-refractivity contribution is 7.89. The van der Waals surface area contributed by atoms with Crippen molar-refractivity contribution >= 4 is 26.9 Å². The molecule has 0 spiro atoms. The van der Waals surface area contributed by atoms with Gasteiger partial charge in [0.15, 0.2) is 0 Å². The third-order valence-corrected chi connectivity index (χ3v) is 6.80. The number of hydrogen-bond acceptors (Lipinski definition) is 4. The molecule has 3 rings (SSSR count). The number of fused-ring (bicyclic) bond motifs is 1. The quantitative estimate of drug-likeness (QED) is 0.589. The summed E-state index contributed by atoms with van der Waals surface area (Å²) < 4.78 is 33.4. The average molecular weight is 429 g/mol. The van der Waals surface area contributed by atoms with Crippen molar-refractivity contribution in [3.05, 3.63) is 64.9 Å². The Morgan fingerprint density at radius 1 is 1.10 bits per heavy atom. The Hall–Kier alpha value is -2.64. The Kier molecular flexibility index (Phi) is 6.63. The number of nitrogens with zero attached hydrogens (tertiary/aromatic N) is 1. The van der Waals surface area contributed by atoms with E-state index in [2.05, 4.69) is 4.72 Å². The van der Waals surface area contributed by atoms with Crippen LogP contribution in [0.3, 0.4) is 0 Å². The lowest BCUT2D eigenvalue weighted by Crippen LogP contribution is -2.32. The van der Waals surface area contributed by atoms with Crippen LogP contribution in [0.1, 0.15) is 35.8 Å². The van der Waals surface area contributed by atoms with Crippen LogP contribution in [-0.2, 0) is 27.8 Å². The zero-order valence-corrected chi connectivity index (χ0v) is 18.7. The molecule has 160 valence electrons. The van der Waals surface area contributed by atoms with Crippen molar-refractivity contribution < 1.29 is 17.6 Å². The number of carbonyl (C=O) groups is 1. The summed E-state index contributed by atoms with van der Waals surface area (Å²) >= 11 is 0. The highest BCUT2D eigenvalue weighted by atomic mass is 32.2. The van der Waals surface area contributed by atoms with Crippen molar-refractivity contribution in [1.29, 1.82) is 0 Å². The van der Waals surface area contributed by atoms with Crippen molar-refractivity contribution in [3.8, 4) is 0 Å². The van der Waals surface area contributed by atoms with Crippen LogP contribution in [-0.4, -0.2) is 32.8 Å². The topological polar surface area (TPSA) is 79.6 Å². The van der Waals surface area contributed by atoms with Gasteiger partial charge in [0.25, 0.3) is 0 Å². The summed E-state index contributed by atoms with van der Waals surface area (Å²) in [5.41, 5.74) is 3.75. The summed E-state index contributed by atoms with van der Waals surface area (Å²) in [5.74, 6) is 0.733. The van der Waals surface area contributed by atoms with Crippen LogP contribution in [0.15, 0.2) is 51.8 Å². The molecule has 0 radical (unpaired) electrons. The van der Waals surface area contributed by atoms with Crippen LogP contribution in [0.4, 0.5) is 0 Å². The lowest BCUT2D eigenvalue weighted by molar-refractivity contribution is -0.130. The first-order valence-electron chi connectivity index (χ1n) is 10.0. The summed E-state index contributed by atoms with van der Waals surface area (Å²) in [6.07, 6.45) is 0.819. The molecule has 0 fully saturated rings. The number of benzene rings is 2. The van der Waals surface area contributed by atoms with Crippen molar-refractivity contribution in [1.82, 2.24) is 9.62 Å². The maximum atomic E-state index is 12.6. The highest BCUT2D eigenvalue weighted by Gasteiger charge is 2.19. The molecule has 1 heterocycles. The molecule has 0 saturated heterocycles. The normalized spacial score (nSPS) is 11.7. The molecular weight excluding hydrogens is 400 g/mol. The summed E-state index contributed by atoms with van der Waals surface area (Å²) in [5, 5.41) is 1.00. The lowest BCUT2D eigenvalue weighted by Gasteiger charge is -2.17. The molecule has 0 atom stereocenters. The number of amides is 1. The van der Waals surface area contributed by atoms with E-state index in [4.69, 9.17) is 4.42 Å². The Morgan fingerprint density at radius 3 is 2.53 bits per heavy atom. The molecule has 0 bridgehead atoms. The standard InChI is InChI=1S/C23H28N2O4S/c1-5-21-20(19-8-6-7-9-22(19)29-21)15-25(4)23(26)12-13-24-30(27,28)18-11-10-16(2)17(3)14-18/h6-11,14,24H,5,12-13,15H2,1-4H3. The Labute approximate surface area is 177 Å². The maximum absolute atomic E-state index is 12.6. The summed E-state index contributed by atoms with van der Waals surface area (Å²) in [7, 11) is -1.92. The Balaban J connectivity index is 1.62. The fourth-order valence-electron chi connectivity index (χ4n) is 3.38. The molecule has 1 aromatic heterocycles. The van der Waals surface area contributed by atoms with Crippen LogP contribution < -0.4 is 4.72 Å². The Morgan fingerprint density at radius 2 is 1.83 bits per heavy atom.